The second-order valence-electron chi connectivity index (χ2n) is 6.88. The molecule has 0 saturated carbocycles. The van der Waals surface area contributed by atoms with Crippen LogP contribution in [0.3, 0.4) is 0 Å². The van der Waals surface area contributed by atoms with Crippen molar-refractivity contribution < 1.29 is 14.6 Å². The maximum absolute atomic E-state index is 11.6. The van der Waals surface area contributed by atoms with Crippen LogP contribution in [0.4, 0.5) is 11.5 Å². The summed E-state index contributed by atoms with van der Waals surface area (Å²) in [6.07, 6.45) is 0. The van der Waals surface area contributed by atoms with E-state index in [0.29, 0.717) is 35.7 Å². The minimum Gasteiger partial charge on any atom is -0.476 e. The molecule has 0 fully saturated rings. The van der Waals surface area contributed by atoms with E-state index in [1.54, 1.807) is 13.2 Å². The van der Waals surface area contributed by atoms with E-state index in [0.717, 1.165) is 11.1 Å². The van der Waals surface area contributed by atoms with Crippen LogP contribution < -0.4 is 10.6 Å². The lowest BCUT2D eigenvalue weighted by molar-refractivity contribution is 0.0691. The molecular weight excluding hydrogens is 420 g/mol. The van der Waals surface area contributed by atoms with E-state index in [1.165, 1.54) is 6.07 Å². The molecule has 3 aromatic rings. The van der Waals surface area contributed by atoms with Crippen molar-refractivity contribution in [2.24, 2.45) is 0 Å². The van der Waals surface area contributed by atoms with E-state index in [-0.39, 0.29) is 22.6 Å². The fourth-order valence-electron chi connectivity index (χ4n) is 3.16. The lowest BCUT2D eigenvalue weighted by atomic mass is 10.0. The SMILES string of the molecule is COCCNc1nc2c([C@@H](C)Nc3ccc(Cl)nc3C(=O)O)cc(C)cc2nc1C#N. The molecule has 2 aromatic heterocycles. The molecule has 0 amide bonds. The number of halogens is 1. The number of carboxylic acids is 1. The number of aromatic nitrogens is 3. The number of hydrogen-bond donors (Lipinski definition) is 3. The fraction of sp³-hybridized carbons (Fsp3) is 0.286. The summed E-state index contributed by atoms with van der Waals surface area (Å²) >= 11 is 5.85. The van der Waals surface area contributed by atoms with Crippen LogP contribution >= 0.6 is 11.6 Å². The minimum absolute atomic E-state index is 0.0956. The molecule has 1 aromatic carbocycles. The van der Waals surface area contributed by atoms with Crippen LogP contribution in [0, 0.1) is 18.3 Å². The number of rotatable bonds is 8. The highest BCUT2D eigenvalue weighted by molar-refractivity contribution is 6.29. The molecule has 0 bridgehead atoms. The van der Waals surface area contributed by atoms with Crippen LogP contribution in [0.5, 0.6) is 0 Å². The van der Waals surface area contributed by atoms with Crippen molar-refractivity contribution in [3.63, 3.8) is 0 Å². The molecule has 3 rings (SSSR count). The smallest absolute Gasteiger partial charge is 0.356 e. The van der Waals surface area contributed by atoms with Crippen molar-refractivity contribution in [2.75, 3.05) is 30.9 Å². The van der Waals surface area contributed by atoms with Gasteiger partial charge >= 0.3 is 5.97 Å². The predicted molar refractivity (Wildman–Crippen MR) is 118 cm³/mol. The summed E-state index contributed by atoms with van der Waals surface area (Å²) < 4.78 is 5.04. The number of carboxylic acid groups (broad SMARTS) is 1. The highest BCUT2D eigenvalue weighted by Crippen LogP contribution is 2.29. The van der Waals surface area contributed by atoms with Crippen molar-refractivity contribution in [1.82, 2.24) is 15.0 Å². The third kappa shape index (κ3) is 4.99. The Morgan fingerprint density at radius 3 is 2.77 bits per heavy atom. The van der Waals surface area contributed by atoms with Crippen molar-refractivity contribution >= 4 is 40.1 Å². The standard InChI is InChI=1S/C21H21ClN6O3/c1-11-8-13(12(2)25-14-4-5-17(22)27-19(14)21(29)30)18-15(9-11)26-16(10-23)20(28-18)24-6-7-31-3/h4-5,8-9,12,25H,6-7H2,1-3H3,(H,24,28)(H,29,30)/t12-/m1/s1. The normalized spacial score (nSPS) is 11.7. The molecular formula is C21H21ClN6O3. The average molecular weight is 441 g/mol. The Morgan fingerprint density at radius 1 is 1.32 bits per heavy atom. The van der Waals surface area contributed by atoms with Gasteiger partial charge in [0.1, 0.15) is 11.2 Å². The number of hydrogen-bond acceptors (Lipinski definition) is 8. The molecule has 0 saturated heterocycles. The molecule has 2 heterocycles. The van der Waals surface area contributed by atoms with Gasteiger partial charge in [-0.1, -0.05) is 17.7 Å². The van der Waals surface area contributed by atoms with Gasteiger partial charge in [0.2, 0.25) is 0 Å². The molecule has 1 atom stereocenters. The van der Waals surface area contributed by atoms with Crippen LogP contribution in [0.15, 0.2) is 24.3 Å². The van der Waals surface area contributed by atoms with E-state index >= 15 is 0 Å². The van der Waals surface area contributed by atoms with Crippen LogP contribution in [-0.4, -0.2) is 46.3 Å². The molecule has 0 unspecified atom stereocenters. The first-order chi connectivity index (χ1) is 14.8. The highest BCUT2D eigenvalue weighted by atomic mass is 35.5. The van der Waals surface area contributed by atoms with E-state index in [4.69, 9.17) is 16.3 Å². The van der Waals surface area contributed by atoms with Crippen LogP contribution in [-0.2, 0) is 4.74 Å². The molecule has 0 aliphatic rings. The average Bonchev–Trinajstić information content (AvgIpc) is 2.74. The van der Waals surface area contributed by atoms with Gasteiger partial charge in [-0.3, -0.25) is 0 Å². The second kappa shape index (κ2) is 9.55. The van der Waals surface area contributed by atoms with Gasteiger partial charge < -0.3 is 20.5 Å². The Kier molecular flexibility index (Phi) is 6.84. The Morgan fingerprint density at radius 2 is 2.10 bits per heavy atom. The zero-order valence-electron chi connectivity index (χ0n) is 17.2. The molecule has 10 heteroatoms. The van der Waals surface area contributed by atoms with Crippen LogP contribution in [0.1, 0.15) is 40.3 Å². The Hall–Kier alpha value is -3.48. The topological polar surface area (TPSA) is 133 Å². The molecule has 0 aliphatic heterocycles. The Bertz CT molecular complexity index is 1180. The second-order valence-corrected chi connectivity index (χ2v) is 7.26. The van der Waals surface area contributed by atoms with Crippen molar-refractivity contribution in [1.29, 1.82) is 5.26 Å². The van der Waals surface area contributed by atoms with Crippen LogP contribution in [0.25, 0.3) is 11.0 Å². The first-order valence-corrected chi connectivity index (χ1v) is 9.83. The maximum atomic E-state index is 11.6. The summed E-state index contributed by atoms with van der Waals surface area (Å²) in [5, 5.41) is 25.3. The van der Waals surface area contributed by atoms with Crippen molar-refractivity contribution in [3.05, 3.63) is 51.9 Å². The number of nitriles is 1. The third-order valence-corrected chi connectivity index (χ3v) is 4.76. The van der Waals surface area contributed by atoms with Crippen molar-refractivity contribution in [2.45, 2.75) is 19.9 Å². The number of methoxy groups -OCH3 is 1. The number of aryl methyl sites for hydroxylation is 1. The van der Waals surface area contributed by atoms with Gasteiger partial charge in [-0.05, 0) is 37.6 Å². The van der Waals surface area contributed by atoms with E-state index in [9.17, 15) is 15.2 Å². The number of nitrogens with one attached hydrogen (secondary N) is 2. The molecule has 31 heavy (non-hydrogen) atoms. The number of aromatic carboxylic acids is 1. The number of benzene rings is 1. The van der Waals surface area contributed by atoms with Gasteiger partial charge in [0.15, 0.2) is 17.2 Å². The van der Waals surface area contributed by atoms with Gasteiger partial charge in [-0.2, -0.15) is 5.26 Å². The van der Waals surface area contributed by atoms with E-state index in [1.807, 2.05) is 26.0 Å². The highest BCUT2D eigenvalue weighted by Gasteiger charge is 2.19. The summed E-state index contributed by atoms with van der Waals surface area (Å²) in [6, 6.07) is 8.63. The summed E-state index contributed by atoms with van der Waals surface area (Å²) in [6.45, 7) is 4.72. The number of ether oxygens (including phenoxy) is 1. The molecule has 3 N–H and O–H groups in total. The van der Waals surface area contributed by atoms with E-state index in [2.05, 4.69) is 31.7 Å². The van der Waals surface area contributed by atoms with Gasteiger partial charge in [0, 0.05) is 19.2 Å². The number of nitrogens with zero attached hydrogens (tertiary/aromatic N) is 4. The number of anilines is 2. The molecule has 9 nitrogen and oxygen atoms in total. The Labute approximate surface area is 184 Å². The van der Waals surface area contributed by atoms with Gasteiger partial charge in [0.25, 0.3) is 0 Å². The zero-order chi connectivity index (χ0) is 22.5. The number of fused-ring (bicyclic) bond motifs is 1. The molecule has 160 valence electrons. The maximum Gasteiger partial charge on any atom is 0.356 e. The number of carbonyl (C=O) groups is 1. The first kappa shape index (κ1) is 22.2. The minimum atomic E-state index is -1.19. The summed E-state index contributed by atoms with van der Waals surface area (Å²) in [7, 11) is 1.59. The largest absolute Gasteiger partial charge is 0.476 e. The molecule has 0 aliphatic carbocycles. The summed E-state index contributed by atoms with van der Waals surface area (Å²) in [5.74, 6) is -0.821. The monoisotopic (exact) mass is 440 g/mol. The van der Waals surface area contributed by atoms with E-state index < -0.39 is 5.97 Å². The molecule has 0 radical (unpaired) electrons. The lowest BCUT2D eigenvalue weighted by Gasteiger charge is -2.19. The fourth-order valence-corrected chi connectivity index (χ4v) is 3.31. The summed E-state index contributed by atoms with van der Waals surface area (Å²) in [4.78, 5) is 24.6. The molecule has 0 spiro atoms. The zero-order valence-corrected chi connectivity index (χ0v) is 18.0. The quantitative estimate of drug-likeness (QED) is 0.353. The summed E-state index contributed by atoms with van der Waals surface area (Å²) in [5.41, 5.74) is 3.26. The Balaban J connectivity index is 2.05. The van der Waals surface area contributed by atoms with Gasteiger partial charge in [-0.25, -0.2) is 19.7 Å². The lowest BCUT2D eigenvalue weighted by Crippen LogP contribution is -2.14. The number of pyridine rings is 1. The van der Waals surface area contributed by atoms with Gasteiger partial charge in [0.05, 0.1) is 29.4 Å². The van der Waals surface area contributed by atoms with Crippen LogP contribution in [0.2, 0.25) is 5.15 Å². The van der Waals surface area contributed by atoms with Gasteiger partial charge in [-0.15, -0.1) is 0 Å². The predicted octanol–water partition coefficient (Wildman–Crippen LogP) is 3.79. The first-order valence-electron chi connectivity index (χ1n) is 9.45. The van der Waals surface area contributed by atoms with Crippen molar-refractivity contribution in [3.8, 4) is 6.07 Å². The third-order valence-electron chi connectivity index (χ3n) is 4.55.